The SMILES string of the molecule is CNCC1CCN(c2ccnc(C(=O)N(C)C)c2)C1. The first-order valence-electron chi connectivity index (χ1n) is 6.69. The second-order valence-electron chi connectivity index (χ2n) is 5.26. The van der Waals surface area contributed by atoms with Gasteiger partial charge in [-0.25, -0.2) is 0 Å². The highest BCUT2D eigenvalue weighted by atomic mass is 16.2. The standard InChI is InChI=1S/C14H22N4O/c1-15-9-11-5-7-18(10-11)12-4-6-16-13(8-12)14(19)17(2)3/h4,6,8,11,15H,5,7,9-10H2,1-3H3. The lowest BCUT2D eigenvalue weighted by Crippen LogP contribution is -2.26. The third-order valence-electron chi connectivity index (χ3n) is 3.51. The maximum absolute atomic E-state index is 11.9. The van der Waals surface area contributed by atoms with Crippen LogP contribution in [0.5, 0.6) is 0 Å². The van der Waals surface area contributed by atoms with Crippen molar-refractivity contribution >= 4 is 11.6 Å². The minimum absolute atomic E-state index is 0.0483. The molecule has 1 fully saturated rings. The van der Waals surface area contributed by atoms with Crippen molar-refractivity contribution < 1.29 is 4.79 Å². The van der Waals surface area contributed by atoms with Gasteiger partial charge in [-0.3, -0.25) is 9.78 Å². The number of nitrogens with one attached hydrogen (secondary N) is 1. The summed E-state index contributed by atoms with van der Waals surface area (Å²) in [5, 5.41) is 3.23. The van der Waals surface area contributed by atoms with Crippen LogP contribution < -0.4 is 10.2 Å². The lowest BCUT2D eigenvalue weighted by Gasteiger charge is -2.19. The first-order chi connectivity index (χ1) is 9.11. The molecule has 5 nitrogen and oxygen atoms in total. The lowest BCUT2D eigenvalue weighted by atomic mass is 10.1. The van der Waals surface area contributed by atoms with Crippen molar-refractivity contribution in [3.63, 3.8) is 0 Å². The van der Waals surface area contributed by atoms with Crippen molar-refractivity contribution in [2.45, 2.75) is 6.42 Å². The molecule has 0 spiro atoms. The number of nitrogens with zero attached hydrogens (tertiary/aromatic N) is 3. The number of pyridine rings is 1. The highest BCUT2D eigenvalue weighted by Gasteiger charge is 2.22. The topological polar surface area (TPSA) is 48.5 Å². The van der Waals surface area contributed by atoms with Gasteiger partial charge < -0.3 is 15.1 Å². The molecule has 2 rings (SSSR count). The smallest absolute Gasteiger partial charge is 0.272 e. The Morgan fingerprint density at radius 3 is 3.05 bits per heavy atom. The van der Waals surface area contributed by atoms with Crippen LogP contribution in [0.4, 0.5) is 5.69 Å². The van der Waals surface area contributed by atoms with Crippen LogP contribution in [0.3, 0.4) is 0 Å². The fourth-order valence-corrected chi connectivity index (χ4v) is 2.48. The van der Waals surface area contributed by atoms with E-state index < -0.39 is 0 Å². The van der Waals surface area contributed by atoms with Crippen molar-refractivity contribution in [1.29, 1.82) is 0 Å². The van der Waals surface area contributed by atoms with Gasteiger partial charge in [-0.2, -0.15) is 0 Å². The molecule has 1 atom stereocenters. The van der Waals surface area contributed by atoms with Crippen LogP contribution >= 0.6 is 0 Å². The average Bonchev–Trinajstić information content (AvgIpc) is 2.87. The third kappa shape index (κ3) is 3.23. The zero-order valence-corrected chi connectivity index (χ0v) is 11.9. The van der Waals surface area contributed by atoms with Gasteiger partial charge in [-0.1, -0.05) is 0 Å². The van der Waals surface area contributed by atoms with Crippen LogP contribution in [-0.4, -0.2) is 56.6 Å². The maximum atomic E-state index is 11.9. The number of amides is 1. The van der Waals surface area contributed by atoms with E-state index >= 15 is 0 Å². The first-order valence-corrected chi connectivity index (χ1v) is 6.69. The number of hydrogen-bond acceptors (Lipinski definition) is 4. The molecule has 5 heteroatoms. The molecular formula is C14H22N4O. The molecule has 1 N–H and O–H groups in total. The van der Waals surface area contributed by atoms with Gasteiger partial charge in [0.25, 0.3) is 5.91 Å². The zero-order valence-electron chi connectivity index (χ0n) is 11.9. The number of rotatable bonds is 4. The molecule has 1 aliphatic rings. The van der Waals surface area contributed by atoms with Gasteiger partial charge in [-0.05, 0) is 38.1 Å². The van der Waals surface area contributed by atoms with Crippen LogP contribution in [-0.2, 0) is 0 Å². The van der Waals surface area contributed by atoms with Crippen molar-refractivity contribution in [3.8, 4) is 0 Å². The highest BCUT2D eigenvalue weighted by molar-refractivity contribution is 5.92. The Balaban J connectivity index is 2.09. The summed E-state index contributed by atoms with van der Waals surface area (Å²) in [5.74, 6) is 0.638. The predicted octanol–water partition coefficient (Wildman–Crippen LogP) is 0.829. The van der Waals surface area contributed by atoms with Crippen LogP contribution in [0.1, 0.15) is 16.9 Å². The molecule has 2 heterocycles. The number of carbonyl (C=O) groups is 1. The van der Waals surface area contributed by atoms with Gasteiger partial charge in [0.2, 0.25) is 0 Å². The second kappa shape index (κ2) is 6.02. The molecule has 0 saturated carbocycles. The van der Waals surface area contributed by atoms with Crippen LogP contribution in [0.2, 0.25) is 0 Å². The molecule has 0 bridgehead atoms. The monoisotopic (exact) mass is 262 g/mol. The molecule has 1 aliphatic heterocycles. The molecule has 0 aliphatic carbocycles. The number of anilines is 1. The second-order valence-corrected chi connectivity index (χ2v) is 5.26. The Bertz CT molecular complexity index is 447. The highest BCUT2D eigenvalue weighted by Crippen LogP contribution is 2.23. The molecule has 1 saturated heterocycles. The van der Waals surface area contributed by atoms with E-state index in [0.717, 1.165) is 25.3 Å². The Kier molecular flexibility index (Phi) is 4.37. The summed E-state index contributed by atoms with van der Waals surface area (Å²) < 4.78 is 0. The van der Waals surface area contributed by atoms with Gasteiger partial charge in [0.1, 0.15) is 5.69 Å². The molecular weight excluding hydrogens is 240 g/mol. The normalized spacial score (nSPS) is 18.7. The van der Waals surface area contributed by atoms with Gasteiger partial charge in [-0.15, -0.1) is 0 Å². The van der Waals surface area contributed by atoms with E-state index in [1.165, 1.54) is 6.42 Å². The zero-order chi connectivity index (χ0) is 13.8. The van der Waals surface area contributed by atoms with Gasteiger partial charge >= 0.3 is 0 Å². The predicted molar refractivity (Wildman–Crippen MR) is 76.5 cm³/mol. The van der Waals surface area contributed by atoms with Crippen molar-refractivity contribution in [1.82, 2.24) is 15.2 Å². The van der Waals surface area contributed by atoms with Crippen molar-refractivity contribution in [3.05, 3.63) is 24.0 Å². The van der Waals surface area contributed by atoms with Crippen molar-refractivity contribution in [2.24, 2.45) is 5.92 Å². The summed E-state index contributed by atoms with van der Waals surface area (Å²) in [6, 6.07) is 3.87. The van der Waals surface area contributed by atoms with E-state index in [2.05, 4.69) is 15.2 Å². The lowest BCUT2D eigenvalue weighted by molar-refractivity contribution is 0.0822. The van der Waals surface area contributed by atoms with Crippen LogP contribution in [0.15, 0.2) is 18.3 Å². The Labute approximate surface area is 114 Å². The average molecular weight is 262 g/mol. The summed E-state index contributed by atoms with van der Waals surface area (Å²) in [7, 11) is 5.48. The van der Waals surface area contributed by atoms with E-state index in [0.29, 0.717) is 11.6 Å². The minimum atomic E-state index is -0.0483. The molecule has 0 aromatic carbocycles. The van der Waals surface area contributed by atoms with Gasteiger partial charge in [0, 0.05) is 39.1 Å². The molecule has 1 aromatic heterocycles. The first kappa shape index (κ1) is 13.8. The summed E-state index contributed by atoms with van der Waals surface area (Å²) in [6.07, 6.45) is 2.91. The summed E-state index contributed by atoms with van der Waals surface area (Å²) in [6.45, 7) is 3.14. The van der Waals surface area contributed by atoms with Crippen molar-refractivity contribution in [2.75, 3.05) is 45.7 Å². The largest absolute Gasteiger partial charge is 0.371 e. The molecule has 104 valence electrons. The number of aromatic nitrogens is 1. The Morgan fingerprint density at radius 1 is 1.58 bits per heavy atom. The van der Waals surface area contributed by atoms with Gasteiger partial charge in [0.05, 0.1) is 0 Å². The summed E-state index contributed by atoms with van der Waals surface area (Å²) in [4.78, 5) is 20.0. The minimum Gasteiger partial charge on any atom is -0.371 e. The van der Waals surface area contributed by atoms with Gasteiger partial charge in [0.15, 0.2) is 0 Å². The quantitative estimate of drug-likeness (QED) is 0.873. The molecule has 1 amide bonds. The fourth-order valence-electron chi connectivity index (χ4n) is 2.48. The summed E-state index contributed by atoms with van der Waals surface area (Å²) in [5.41, 5.74) is 1.61. The number of carbonyl (C=O) groups excluding carboxylic acids is 1. The Morgan fingerprint density at radius 2 is 2.37 bits per heavy atom. The molecule has 1 aromatic rings. The molecule has 1 unspecified atom stereocenters. The maximum Gasteiger partial charge on any atom is 0.272 e. The molecule has 19 heavy (non-hydrogen) atoms. The van der Waals surface area contributed by atoms with Crippen LogP contribution in [0.25, 0.3) is 0 Å². The van der Waals surface area contributed by atoms with Crippen LogP contribution in [0, 0.1) is 5.92 Å². The van der Waals surface area contributed by atoms with E-state index in [1.807, 2.05) is 19.2 Å². The van der Waals surface area contributed by atoms with E-state index in [9.17, 15) is 4.79 Å². The van der Waals surface area contributed by atoms with E-state index in [-0.39, 0.29) is 5.91 Å². The van der Waals surface area contributed by atoms with E-state index in [1.54, 1.807) is 25.2 Å². The fraction of sp³-hybridized carbons (Fsp3) is 0.571. The summed E-state index contributed by atoms with van der Waals surface area (Å²) >= 11 is 0. The Hall–Kier alpha value is -1.62. The third-order valence-corrected chi connectivity index (χ3v) is 3.51. The molecule has 0 radical (unpaired) electrons. The van der Waals surface area contributed by atoms with E-state index in [4.69, 9.17) is 0 Å². The number of hydrogen-bond donors (Lipinski definition) is 1.